The van der Waals surface area contributed by atoms with Crippen LogP contribution in [0.1, 0.15) is 36.0 Å². The van der Waals surface area contributed by atoms with Gasteiger partial charge >= 0.3 is 0 Å². The highest BCUT2D eigenvalue weighted by Crippen LogP contribution is 2.33. The van der Waals surface area contributed by atoms with Gasteiger partial charge in [0.2, 0.25) is 10.0 Å². The maximum Gasteiger partial charge on any atom is 0.257 e. The zero-order valence-corrected chi connectivity index (χ0v) is 18.0. The van der Waals surface area contributed by atoms with Crippen molar-refractivity contribution < 1.29 is 22.7 Å². The molecule has 0 radical (unpaired) electrons. The molecule has 0 spiro atoms. The van der Waals surface area contributed by atoms with Gasteiger partial charge in [0.25, 0.3) is 5.91 Å². The van der Waals surface area contributed by atoms with Gasteiger partial charge in [-0.3, -0.25) is 4.79 Å². The van der Waals surface area contributed by atoms with Crippen LogP contribution in [-0.4, -0.2) is 44.9 Å². The van der Waals surface area contributed by atoms with Crippen LogP contribution in [0.2, 0.25) is 5.02 Å². The molecule has 1 saturated heterocycles. The van der Waals surface area contributed by atoms with E-state index in [1.54, 1.807) is 18.2 Å². The van der Waals surface area contributed by atoms with Gasteiger partial charge in [-0.05, 0) is 43.2 Å². The highest BCUT2D eigenvalue weighted by Gasteiger charge is 2.27. The first-order valence-corrected chi connectivity index (χ1v) is 11.8. The zero-order chi connectivity index (χ0) is 21.1. The normalized spacial score (nSPS) is 17.2. The van der Waals surface area contributed by atoms with Gasteiger partial charge < -0.3 is 14.8 Å². The minimum absolute atomic E-state index is 0.0672. The number of piperidine rings is 1. The van der Waals surface area contributed by atoms with Gasteiger partial charge in [-0.2, -0.15) is 4.31 Å². The van der Waals surface area contributed by atoms with Crippen LogP contribution in [0, 0.1) is 0 Å². The number of hydrogen-bond acceptors (Lipinski definition) is 5. The summed E-state index contributed by atoms with van der Waals surface area (Å²) in [6.07, 6.45) is 3.48. The Balaban J connectivity index is 1.57. The summed E-state index contributed by atoms with van der Waals surface area (Å²) in [6, 6.07) is 9.34. The molecule has 1 amide bonds. The lowest BCUT2D eigenvalue weighted by Crippen LogP contribution is -2.35. The van der Waals surface area contributed by atoms with Crippen LogP contribution < -0.4 is 14.8 Å². The van der Waals surface area contributed by atoms with Crippen molar-refractivity contribution in [2.75, 3.05) is 31.6 Å². The Morgan fingerprint density at radius 2 is 1.67 bits per heavy atom. The molecule has 1 fully saturated rings. The molecule has 0 aromatic heterocycles. The Bertz CT molecular complexity index is 1050. The third-order valence-corrected chi connectivity index (χ3v) is 7.36. The van der Waals surface area contributed by atoms with E-state index in [-0.39, 0.29) is 15.5 Å². The lowest BCUT2D eigenvalue weighted by molar-refractivity contribution is 0.102. The van der Waals surface area contributed by atoms with Crippen molar-refractivity contribution in [3.63, 3.8) is 0 Å². The van der Waals surface area contributed by atoms with Crippen molar-refractivity contribution in [1.29, 1.82) is 0 Å². The van der Waals surface area contributed by atoms with Crippen LogP contribution in [0.3, 0.4) is 0 Å². The maximum atomic E-state index is 12.9. The molecule has 0 aliphatic carbocycles. The molecule has 2 aromatic rings. The standard InChI is InChI=1S/C21H23ClN2O5S/c22-18-7-6-16(30(26,27)24-9-2-1-3-10-24)14-17(18)21(25)23-15-5-8-19-20(13-15)29-12-4-11-28-19/h5-8,13-14H,1-4,9-12H2,(H,23,25). The minimum atomic E-state index is -3.67. The molecule has 0 saturated carbocycles. The number of sulfonamides is 1. The highest BCUT2D eigenvalue weighted by molar-refractivity contribution is 7.89. The Labute approximate surface area is 181 Å². The molecule has 2 aromatic carbocycles. The van der Waals surface area contributed by atoms with Gasteiger partial charge in [-0.25, -0.2) is 8.42 Å². The molecular weight excluding hydrogens is 428 g/mol. The van der Waals surface area contributed by atoms with Crippen molar-refractivity contribution >= 4 is 33.2 Å². The first-order chi connectivity index (χ1) is 14.4. The summed E-state index contributed by atoms with van der Waals surface area (Å²) in [6.45, 7) is 2.09. The summed E-state index contributed by atoms with van der Waals surface area (Å²) >= 11 is 6.22. The molecular formula is C21H23ClN2O5S. The number of nitrogens with one attached hydrogen (secondary N) is 1. The zero-order valence-electron chi connectivity index (χ0n) is 16.4. The van der Waals surface area contributed by atoms with E-state index in [4.69, 9.17) is 21.1 Å². The van der Waals surface area contributed by atoms with Crippen LogP contribution in [0.15, 0.2) is 41.3 Å². The number of rotatable bonds is 4. The van der Waals surface area contributed by atoms with E-state index in [1.807, 2.05) is 0 Å². The fourth-order valence-corrected chi connectivity index (χ4v) is 5.28. The van der Waals surface area contributed by atoms with E-state index in [9.17, 15) is 13.2 Å². The second kappa shape index (κ2) is 8.83. The van der Waals surface area contributed by atoms with E-state index in [0.717, 1.165) is 25.7 Å². The molecule has 0 unspecified atom stereocenters. The number of fused-ring (bicyclic) bond motifs is 1. The molecule has 30 heavy (non-hydrogen) atoms. The largest absolute Gasteiger partial charge is 0.490 e. The molecule has 0 atom stereocenters. The van der Waals surface area contributed by atoms with Gasteiger partial charge in [0.1, 0.15) is 0 Å². The number of nitrogens with zero attached hydrogens (tertiary/aromatic N) is 1. The van der Waals surface area contributed by atoms with E-state index in [0.29, 0.717) is 43.5 Å². The average Bonchev–Trinajstić information content (AvgIpc) is 2.99. The Morgan fingerprint density at radius 3 is 2.43 bits per heavy atom. The molecule has 2 heterocycles. The number of ether oxygens (including phenoxy) is 2. The van der Waals surface area contributed by atoms with Crippen LogP contribution in [-0.2, 0) is 10.0 Å². The summed E-state index contributed by atoms with van der Waals surface area (Å²) in [5.41, 5.74) is 0.603. The number of carbonyl (C=O) groups is 1. The van der Waals surface area contributed by atoms with Crippen molar-refractivity contribution in [2.24, 2.45) is 0 Å². The van der Waals surface area contributed by atoms with E-state index >= 15 is 0 Å². The van der Waals surface area contributed by atoms with E-state index in [2.05, 4.69) is 5.32 Å². The van der Waals surface area contributed by atoms with Gasteiger partial charge in [0, 0.05) is 31.3 Å². The van der Waals surface area contributed by atoms with Gasteiger partial charge in [-0.1, -0.05) is 18.0 Å². The monoisotopic (exact) mass is 450 g/mol. The van der Waals surface area contributed by atoms with Crippen molar-refractivity contribution in [1.82, 2.24) is 4.31 Å². The van der Waals surface area contributed by atoms with Gasteiger partial charge in [-0.15, -0.1) is 0 Å². The summed E-state index contributed by atoms with van der Waals surface area (Å²) in [5, 5.41) is 2.94. The summed E-state index contributed by atoms with van der Waals surface area (Å²) < 4.78 is 38.6. The number of carbonyl (C=O) groups excluding carboxylic acids is 1. The molecule has 9 heteroatoms. The smallest absolute Gasteiger partial charge is 0.257 e. The Morgan fingerprint density at radius 1 is 0.933 bits per heavy atom. The van der Waals surface area contributed by atoms with Gasteiger partial charge in [0.15, 0.2) is 11.5 Å². The lowest BCUT2D eigenvalue weighted by Gasteiger charge is -2.26. The summed E-state index contributed by atoms with van der Waals surface area (Å²) in [4.78, 5) is 12.9. The summed E-state index contributed by atoms with van der Waals surface area (Å²) in [5.74, 6) is 0.682. The fraction of sp³-hybridized carbons (Fsp3) is 0.381. The van der Waals surface area contributed by atoms with E-state index < -0.39 is 15.9 Å². The van der Waals surface area contributed by atoms with Gasteiger partial charge in [0.05, 0.1) is 28.7 Å². The molecule has 4 rings (SSSR count). The fourth-order valence-electron chi connectivity index (χ4n) is 3.53. The average molecular weight is 451 g/mol. The number of halogens is 1. The van der Waals surface area contributed by atoms with Crippen molar-refractivity contribution in [3.05, 3.63) is 47.0 Å². The molecule has 2 aliphatic heterocycles. The maximum absolute atomic E-state index is 12.9. The second-order valence-electron chi connectivity index (χ2n) is 7.27. The van der Waals surface area contributed by atoms with Crippen LogP contribution in [0.25, 0.3) is 0 Å². The lowest BCUT2D eigenvalue weighted by atomic mass is 10.2. The Kier molecular flexibility index (Phi) is 6.17. The molecule has 7 nitrogen and oxygen atoms in total. The predicted molar refractivity (Wildman–Crippen MR) is 114 cm³/mol. The molecule has 1 N–H and O–H groups in total. The number of hydrogen-bond donors (Lipinski definition) is 1. The third kappa shape index (κ3) is 4.40. The summed E-state index contributed by atoms with van der Waals surface area (Å²) in [7, 11) is -3.67. The first kappa shape index (κ1) is 21.0. The highest BCUT2D eigenvalue weighted by atomic mass is 35.5. The number of amides is 1. The number of benzene rings is 2. The van der Waals surface area contributed by atoms with E-state index in [1.165, 1.54) is 22.5 Å². The third-order valence-electron chi connectivity index (χ3n) is 5.14. The van der Waals surface area contributed by atoms with Crippen LogP contribution in [0.4, 0.5) is 5.69 Å². The first-order valence-electron chi connectivity index (χ1n) is 9.96. The number of anilines is 1. The second-order valence-corrected chi connectivity index (χ2v) is 9.62. The van der Waals surface area contributed by atoms with Crippen LogP contribution >= 0.6 is 11.6 Å². The predicted octanol–water partition coefficient (Wildman–Crippen LogP) is 3.93. The quantitative estimate of drug-likeness (QED) is 0.762. The Hall–Kier alpha value is -2.29. The molecule has 2 aliphatic rings. The topological polar surface area (TPSA) is 84.9 Å². The van der Waals surface area contributed by atoms with Crippen molar-refractivity contribution in [3.8, 4) is 11.5 Å². The molecule has 0 bridgehead atoms. The van der Waals surface area contributed by atoms with Crippen molar-refractivity contribution in [2.45, 2.75) is 30.6 Å². The minimum Gasteiger partial charge on any atom is -0.490 e. The van der Waals surface area contributed by atoms with Crippen LogP contribution in [0.5, 0.6) is 11.5 Å². The SMILES string of the molecule is O=C(Nc1ccc2c(c1)OCCCO2)c1cc(S(=O)(=O)N2CCCCC2)ccc1Cl. The molecule has 160 valence electrons.